The molecule has 4 aromatic rings. The number of para-hydroxylation sites is 1. The highest BCUT2D eigenvalue weighted by atomic mass is 32.1. The topological polar surface area (TPSA) is 85.6 Å². The van der Waals surface area contributed by atoms with Gasteiger partial charge in [-0.2, -0.15) is 9.78 Å². The third-order valence-corrected chi connectivity index (χ3v) is 5.62. The van der Waals surface area contributed by atoms with Crippen molar-refractivity contribution in [3.63, 3.8) is 0 Å². The number of hydrogen-bond donors (Lipinski definition) is 1. The molecular formula is C17H15FN6OS2. The Hall–Kier alpha value is -2.72. The quantitative estimate of drug-likeness (QED) is 0.546. The van der Waals surface area contributed by atoms with Gasteiger partial charge in [0.2, 0.25) is 5.13 Å². The number of halogens is 1. The predicted molar refractivity (Wildman–Crippen MR) is 103 cm³/mol. The highest BCUT2D eigenvalue weighted by molar-refractivity contribution is 7.20. The van der Waals surface area contributed by atoms with Gasteiger partial charge in [0.1, 0.15) is 22.0 Å². The Bertz CT molecular complexity index is 1130. The Morgan fingerprint density at radius 1 is 1.37 bits per heavy atom. The Labute approximate surface area is 162 Å². The number of nitrogens with zero attached hydrogens (tertiary/aromatic N) is 5. The molecule has 4 rings (SSSR count). The van der Waals surface area contributed by atoms with Gasteiger partial charge in [0, 0.05) is 6.07 Å². The zero-order valence-electron chi connectivity index (χ0n) is 14.6. The minimum absolute atomic E-state index is 0.290. The number of amides is 1. The van der Waals surface area contributed by atoms with E-state index in [9.17, 15) is 9.18 Å². The van der Waals surface area contributed by atoms with Crippen molar-refractivity contribution in [1.29, 1.82) is 0 Å². The molecule has 0 aliphatic rings. The number of aryl methyl sites for hydroxylation is 2. The summed E-state index contributed by atoms with van der Waals surface area (Å²) in [6, 6.07) is 6.56. The summed E-state index contributed by atoms with van der Waals surface area (Å²) in [6.45, 7) is 3.84. The first kappa shape index (κ1) is 17.7. The SMILES string of the molecule is CCCc1nnsc1C(=O)Nc1cc(C)nn1-c1nc2c(F)cccc2s1. The van der Waals surface area contributed by atoms with Gasteiger partial charge in [0.15, 0.2) is 0 Å². The summed E-state index contributed by atoms with van der Waals surface area (Å²) in [5, 5.41) is 11.8. The summed E-state index contributed by atoms with van der Waals surface area (Å²) >= 11 is 2.37. The number of carbonyl (C=O) groups excluding carboxylic acids is 1. The lowest BCUT2D eigenvalue weighted by Gasteiger charge is -2.05. The van der Waals surface area contributed by atoms with Crippen molar-refractivity contribution in [2.24, 2.45) is 0 Å². The summed E-state index contributed by atoms with van der Waals surface area (Å²) < 4.78 is 20.1. The number of benzene rings is 1. The van der Waals surface area contributed by atoms with E-state index in [1.54, 1.807) is 18.2 Å². The molecule has 0 radical (unpaired) electrons. The Morgan fingerprint density at radius 2 is 2.22 bits per heavy atom. The average molecular weight is 402 g/mol. The summed E-state index contributed by atoms with van der Waals surface area (Å²) in [5.74, 6) is -0.209. The molecule has 0 saturated heterocycles. The molecule has 3 aromatic heterocycles. The molecule has 0 unspecified atom stereocenters. The lowest BCUT2D eigenvalue weighted by atomic mass is 10.2. The molecule has 7 nitrogen and oxygen atoms in total. The third kappa shape index (κ3) is 3.33. The second kappa shape index (κ2) is 7.12. The number of nitrogens with one attached hydrogen (secondary N) is 1. The van der Waals surface area contributed by atoms with Crippen molar-refractivity contribution in [1.82, 2.24) is 24.4 Å². The zero-order chi connectivity index (χ0) is 19.0. The molecule has 1 amide bonds. The van der Waals surface area contributed by atoms with Gasteiger partial charge >= 0.3 is 0 Å². The van der Waals surface area contributed by atoms with Crippen LogP contribution in [0, 0.1) is 12.7 Å². The van der Waals surface area contributed by atoms with Gasteiger partial charge in [-0.25, -0.2) is 9.37 Å². The number of fused-ring (bicyclic) bond motifs is 1. The van der Waals surface area contributed by atoms with Gasteiger partial charge in [-0.1, -0.05) is 35.2 Å². The van der Waals surface area contributed by atoms with Crippen molar-refractivity contribution >= 4 is 44.8 Å². The van der Waals surface area contributed by atoms with Gasteiger partial charge in [-0.3, -0.25) is 4.79 Å². The van der Waals surface area contributed by atoms with Crippen molar-refractivity contribution in [2.75, 3.05) is 5.32 Å². The molecule has 0 saturated carbocycles. The molecule has 0 spiro atoms. The van der Waals surface area contributed by atoms with E-state index in [0.29, 0.717) is 43.9 Å². The molecule has 0 aliphatic carbocycles. The lowest BCUT2D eigenvalue weighted by Crippen LogP contribution is -2.15. The number of rotatable bonds is 5. The van der Waals surface area contributed by atoms with Crippen LogP contribution >= 0.6 is 22.9 Å². The molecule has 0 fully saturated rings. The number of hydrogen-bond acceptors (Lipinski definition) is 7. The zero-order valence-corrected chi connectivity index (χ0v) is 16.2. The van der Waals surface area contributed by atoms with E-state index in [-0.39, 0.29) is 11.7 Å². The molecular weight excluding hydrogens is 387 g/mol. The van der Waals surface area contributed by atoms with E-state index >= 15 is 0 Å². The molecule has 3 heterocycles. The Kier molecular flexibility index (Phi) is 4.66. The van der Waals surface area contributed by atoms with Crippen LogP contribution < -0.4 is 5.32 Å². The molecule has 27 heavy (non-hydrogen) atoms. The predicted octanol–water partition coefficient (Wildman–Crippen LogP) is 3.99. The van der Waals surface area contributed by atoms with E-state index in [1.165, 1.54) is 22.1 Å². The summed E-state index contributed by atoms with van der Waals surface area (Å²) in [5.41, 5.74) is 1.69. The van der Waals surface area contributed by atoms with Crippen LogP contribution in [-0.4, -0.2) is 30.3 Å². The molecule has 10 heteroatoms. The van der Waals surface area contributed by atoms with Gasteiger partial charge in [0.25, 0.3) is 5.91 Å². The van der Waals surface area contributed by atoms with Gasteiger partial charge < -0.3 is 5.32 Å². The standard InChI is InChI=1S/C17H15FN6OS2/c1-3-5-11-15(27-23-21-11)16(25)19-13-8-9(2)22-24(13)17-20-14-10(18)6-4-7-12(14)26-17/h4,6-8H,3,5H2,1-2H3,(H,19,25). The largest absolute Gasteiger partial charge is 0.306 e. The van der Waals surface area contributed by atoms with Gasteiger partial charge in [-0.05, 0) is 37.0 Å². The maximum absolute atomic E-state index is 14.0. The van der Waals surface area contributed by atoms with E-state index in [0.717, 1.165) is 18.0 Å². The second-order valence-corrected chi connectivity index (χ2v) is 7.68. The lowest BCUT2D eigenvalue weighted by molar-refractivity contribution is 0.102. The summed E-state index contributed by atoms with van der Waals surface area (Å²) in [6.07, 6.45) is 1.56. The fourth-order valence-electron chi connectivity index (χ4n) is 2.68. The van der Waals surface area contributed by atoms with Crippen LogP contribution in [0.3, 0.4) is 0 Å². The fraction of sp³-hybridized carbons (Fsp3) is 0.235. The van der Waals surface area contributed by atoms with Crippen molar-refractivity contribution in [3.05, 3.63) is 46.3 Å². The highest BCUT2D eigenvalue weighted by Gasteiger charge is 2.20. The number of aromatic nitrogens is 5. The van der Waals surface area contributed by atoms with Crippen LogP contribution in [0.5, 0.6) is 0 Å². The van der Waals surface area contributed by atoms with E-state index in [1.807, 2.05) is 13.8 Å². The smallest absolute Gasteiger partial charge is 0.270 e. The van der Waals surface area contributed by atoms with Crippen LogP contribution in [-0.2, 0) is 6.42 Å². The summed E-state index contributed by atoms with van der Waals surface area (Å²) in [4.78, 5) is 17.5. The van der Waals surface area contributed by atoms with Gasteiger partial charge in [-0.15, -0.1) is 5.10 Å². The van der Waals surface area contributed by atoms with Crippen LogP contribution in [0.4, 0.5) is 10.2 Å². The first-order valence-corrected chi connectivity index (χ1v) is 9.90. The van der Waals surface area contributed by atoms with E-state index < -0.39 is 0 Å². The minimum Gasteiger partial charge on any atom is -0.306 e. The number of anilines is 1. The fourth-order valence-corrected chi connectivity index (χ4v) is 4.23. The van der Waals surface area contributed by atoms with E-state index in [4.69, 9.17) is 0 Å². The maximum atomic E-state index is 14.0. The number of carbonyl (C=O) groups is 1. The molecule has 138 valence electrons. The molecule has 0 aliphatic heterocycles. The minimum atomic E-state index is -0.385. The van der Waals surface area contributed by atoms with Crippen LogP contribution in [0.1, 0.15) is 34.4 Å². The average Bonchev–Trinajstić information content (AvgIpc) is 3.34. The maximum Gasteiger partial charge on any atom is 0.270 e. The second-order valence-electron chi connectivity index (χ2n) is 5.92. The molecule has 0 bridgehead atoms. The Balaban J connectivity index is 1.69. The molecule has 0 atom stereocenters. The third-order valence-electron chi connectivity index (χ3n) is 3.86. The van der Waals surface area contributed by atoms with Gasteiger partial charge in [0.05, 0.1) is 16.1 Å². The van der Waals surface area contributed by atoms with Crippen LogP contribution in [0.2, 0.25) is 0 Å². The first-order chi connectivity index (χ1) is 13.1. The van der Waals surface area contributed by atoms with Crippen molar-refractivity contribution in [2.45, 2.75) is 26.7 Å². The van der Waals surface area contributed by atoms with E-state index in [2.05, 4.69) is 25.0 Å². The molecule has 1 aromatic carbocycles. The first-order valence-electron chi connectivity index (χ1n) is 8.31. The molecule has 1 N–H and O–H groups in total. The normalized spacial score (nSPS) is 11.2. The van der Waals surface area contributed by atoms with Crippen molar-refractivity contribution < 1.29 is 9.18 Å². The van der Waals surface area contributed by atoms with Crippen LogP contribution in [0.25, 0.3) is 15.3 Å². The Morgan fingerprint density at radius 3 is 3.00 bits per heavy atom. The summed E-state index contributed by atoms with van der Waals surface area (Å²) in [7, 11) is 0. The monoisotopic (exact) mass is 402 g/mol. The van der Waals surface area contributed by atoms with Crippen LogP contribution in [0.15, 0.2) is 24.3 Å². The van der Waals surface area contributed by atoms with Crippen molar-refractivity contribution in [3.8, 4) is 5.13 Å². The highest BCUT2D eigenvalue weighted by Crippen LogP contribution is 2.29. The number of thiazole rings is 1.